The lowest BCUT2D eigenvalue weighted by molar-refractivity contribution is -0.149. The van der Waals surface area contributed by atoms with E-state index in [0.29, 0.717) is 11.5 Å². The van der Waals surface area contributed by atoms with Crippen molar-refractivity contribution in [1.29, 1.82) is 0 Å². The number of fused-ring (bicyclic) bond motifs is 3. The summed E-state index contributed by atoms with van der Waals surface area (Å²) in [7, 11) is 0. The summed E-state index contributed by atoms with van der Waals surface area (Å²) in [5.74, 6) is -0.495. The molecule has 6 nitrogen and oxygen atoms in total. The van der Waals surface area contributed by atoms with Crippen molar-refractivity contribution < 1.29 is 19.4 Å². The van der Waals surface area contributed by atoms with Gasteiger partial charge in [0.2, 0.25) is 0 Å². The summed E-state index contributed by atoms with van der Waals surface area (Å²) in [6.07, 6.45) is 2.23. The quantitative estimate of drug-likeness (QED) is 0.890. The summed E-state index contributed by atoms with van der Waals surface area (Å²) in [5.41, 5.74) is -0.0912. The number of carbonyl (C=O) groups is 2. The third-order valence-electron chi connectivity index (χ3n) is 5.17. The Kier molecular flexibility index (Phi) is 5.23. The van der Waals surface area contributed by atoms with Crippen LogP contribution in [0.5, 0.6) is 0 Å². The average Bonchev–Trinajstić information content (AvgIpc) is 2.59. The minimum absolute atomic E-state index is 0.237. The third-order valence-corrected chi connectivity index (χ3v) is 5.17. The molecule has 142 valence electrons. The number of hydrogen-bond donors (Lipinski definition) is 1. The molecular formula is C20H28N2O4. The van der Waals surface area contributed by atoms with Gasteiger partial charge < -0.3 is 9.84 Å². The topological polar surface area (TPSA) is 70.1 Å². The van der Waals surface area contributed by atoms with Crippen LogP contribution in [-0.4, -0.2) is 51.8 Å². The molecule has 0 saturated carbocycles. The molecule has 2 bridgehead atoms. The lowest BCUT2D eigenvalue weighted by atomic mass is 9.85. The number of carboxylic acid groups (broad SMARTS) is 1. The summed E-state index contributed by atoms with van der Waals surface area (Å²) in [6, 6.07) is 7.89. The van der Waals surface area contributed by atoms with Crippen molar-refractivity contribution in [1.82, 2.24) is 9.80 Å². The summed E-state index contributed by atoms with van der Waals surface area (Å²) in [4.78, 5) is 28.9. The number of nitrogens with zero attached hydrogens (tertiary/aromatic N) is 2. The Morgan fingerprint density at radius 1 is 1.19 bits per heavy atom. The first kappa shape index (κ1) is 18.7. The van der Waals surface area contributed by atoms with E-state index in [1.807, 2.05) is 6.07 Å². The minimum Gasteiger partial charge on any atom is -0.479 e. The zero-order valence-corrected chi connectivity index (χ0v) is 15.7. The largest absolute Gasteiger partial charge is 0.479 e. The van der Waals surface area contributed by atoms with Crippen molar-refractivity contribution in [2.75, 3.05) is 13.1 Å². The molecule has 1 aromatic rings. The second-order valence-electron chi connectivity index (χ2n) is 8.23. The monoisotopic (exact) mass is 360 g/mol. The van der Waals surface area contributed by atoms with E-state index in [4.69, 9.17) is 4.74 Å². The maximum atomic E-state index is 13.1. The Hall–Kier alpha value is -2.08. The fourth-order valence-corrected chi connectivity index (χ4v) is 3.99. The number of ether oxygens (including phenoxy) is 1. The van der Waals surface area contributed by atoms with Crippen LogP contribution in [0.1, 0.15) is 51.6 Å². The Balaban J connectivity index is 1.98. The molecule has 6 heteroatoms. The highest BCUT2D eigenvalue weighted by Gasteiger charge is 2.45. The van der Waals surface area contributed by atoms with Crippen LogP contribution in [0.2, 0.25) is 0 Å². The van der Waals surface area contributed by atoms with Gasteiger partial charge in [-0.3, -0.25) is 9.80 Å². The molecule has 3 aliphatic rings. The van der Waals surface area contributed by atoms with Gasteiger partial charge in [0.25, 0.3) is 0 Å². The molecule has 3 saturated heterocycles. The molecule has 3 aliphatic heterocycles. The molecule has 26 heavy (non-hydrogen) atoms. The van der Waals surface area contributed by atoms with Crippen molar-refractivity contribution in [3.63, 3.8) is 0 Å². The van der Waals surface area contributed by atoms with Gasteiger partial charge in [0, 0.05) is 13.1 Å². The summed E-state index contributed by atoms with van der Waals surface area (Å²) >= 11 is 0. The molecule has 1 aromatic carbocycles. The SMILES string of the molecule is CC(C)(C)OC(=O)N(C(C(=O)O)c1ccccc1)C1CC2CCN1CC2. The highest BCUT2D eigenvalue weighted by Crippen LogP contribution is 2.37. The van der Waals surface area contributed by atoms with Crippen molar-refractivity contribution in [3.8, 4) is 0 Å². The normalized spacial score (nSPS) is 26.2. The van der Waals surface area contributed by atoms with Crippen LogP contribution in [0.4, 0.5) is 4.79 Å². The van der Waals surface area contributed by atoms with Gasteiger partial charge >= 0.3 is 12.1 Å². The van der Waals surface area contributed by atoms with E-state index in [1.54, 1.807) is 45.0 Å². The average molecular weight is 360 g/mol. The molecule has 1 N–H and O–H groups in total. The highest BCUT2D eigenvalue weighted by atomic mass is 16.6. The molecule has 0 spiro atoms. The van der Waals surface area contributed by atoms with Gasteiger partial charge in [-0.2, -0.15) is 0 Å². The summed E-state index contributed by atoms with van der Waals surface area (Å²) < 4.78 is 5.61. The minimum atomic E-state index is -1.06. The van der Waals surface area contributed by atoms with E-state index in [9.17, 15) is 14.7 Å². The van der Waals surface area contributed by atoms with Gasteiger partial charge in [-0.1, -0.05) is 30.3 Å². The Labute approximate surface area is 154 Å². The molecule has 0 radical (unpaired) electrons. The fourth-order valence-electron chi connectivity index (χ4n) is 3.99. The van der Waals surface area contributed by atoms with Gasteiger partial charge in [0.05, 0.1) is 6.17 Å². The maximum Gasteiger partial charge on any atom is 0.412 e. The van der Waals surface area contributed by atoms with Crippen LogP contribution < -0.4 is 0 Å². The van der Waals surface area contributed by atoms with E-state index >= 15 is 0 Å². The van der Waals surface area contributed by atoms with E-state index in [2.05, 4.69) is 4.90 Å². The number of piperidine rings is 3. The van der Waals surface area contributed by atoms with Gasteiger partial charge in [0.1, 0.15) is 5.60 Å². The second-order valence-corrected chi connectivity index (χ2v) is 8.23. The van der Waals surface area contributed by atoms with Crippen molar-refractivity contribution in [2.24, 2.45) is 5.92 Å². The van der Waals surface area contributed by atoms with Crippen LogP contribution in [0, 0.1) is 5.92 Å². The first-order valence-corrected chi connectivity index (χ1v) is 9.29. The number of rotatable bonds is 4. The molecule has 0 aliphatic carbocycles. The Morgan fingerprint density at radius 3 is 2.27 bits per heavy atom. The molecule has 3 heterocycles. The van der Waals surface area contributed by atoms with E-state index < -0.39 is 23.7 Å². The van der Waals surface area contributed by atoms with E-state index in [1.165, 1.54) is 4.90 Å². The number of carboxylic acids is 1. The molecule has 2 atom stereocenters. The van der Waals surface area contributed by atoms with Crippen molar-refractivity contribution >= 4 is 12.1 Å². The van der Waals surface area contributed by atoms with Gasteiger partial charge in [0.15, 0.2) is 6.04 Å². The number of amides is 1. The maximum absolute atomic E-state index is 13.1. The van der Waals surface area contributed by atoms with Gasteiger partial charge in [-0.05, 0) is 51.5 Å². The van der Waals surface area contributed by atoms with E-state index in [-0.39, 0.29) is 6.17 Å². The lowest BCUT2D eigenvalue weighted by Crippen LogP contribution is -2.60. The molecular weight excluding hydrogens is 332 g/mol. The Morgan fingerprint density at radius 2 is 1.81 bits per heavy atom. The van der Waals surface area contributed by atoms with Crippen LogP contribution in [0.3, 0.4) is 0 Å². The van der Waals surface area contributed by atoms with Crippen LogP contribution >= 0.6 is 0 Å². The molecule has 1 amide bonds. The smallest absolute Gasteiger partial charge is 0.412 e. The number of hydrogen-bond acceptors (Lipinski definition) is 4. The molecule has 3 fully saturated rings. The number of carbonyl (C=O) groups excluding carboxylic acids is 1. The van der Waals surface area contributed by atoms with Gasteiger partial charge in [-0.25, -0.2) is 9.59 Å². The standard InChI is InChI=1S/C20H28N2O4/c1-20(2,3)26-19(25)22(16-13-14-9-11-21(16)12-10-14)17(18(23)24)15-7-5-4-6-8-15/h4-8,14,16-17H,9-13H2,1-3H3,(H,23,24). The van der Waals surface area contributed by atoms with Crippen molar-refractivity contribution in [2.45, 2.75) is 57.8 Å². The number of aliphatic carboxylic acids is 1. The van der Waals surface area contributed by atoms with Crippen LogP contribution in [0.25, 0.3) is 0 Å². The highest BCUT2D eigenvalue weighted by molar-refractivity contribution is 5.82. The zero-order chi connectivity index (χ0) is 18.9. The number of benzene rings is 1. The molecule has 0 aromatic heterocycles. The Bertz CT molecular complexity index is 648. The molecule has 4 rings (SSSR count). The zero-order valence-electron chi connectivity index (χ0n) is 15.7. The van der Waals surface area contributed by atoms with Gasteiger partial charge in [-0.15, -0.1) is 0 Å². The summed E-state index contributed by atoms with van der Waals surface area (Å²) in [6.45, 7) is 7.20. The first-order chi connectivity index (χ1) is 12.3. The fraction of sp³-hybridized carbons (Fsp3) is 0.600. The predicted octanol–water partition coefficient (Wildman–Crippen LogP) is 3.49. The third kappa shape index (κ3) is 4.01. The van der Waals surface area contributed by atoms with Crippen LogP contribution in [0.15, 0.2) is 30.3 Å². The van der Waals surface area contributed by atoms with Crippen molar-refractivity contribution in [3.05, 3.63) is 35.9 Å². The predicted molar refractivity (Wildman–Crippen MR) is 97.6 cm³/mol. The lowest BCUT2D eigenvalue weighted by Gasteiger charge is -2.50. The summed E-state index contributed by atoms with van der Waals surface area (Å²) in [5, 5.41) is 9.98. The first-order valence-electron chi connectivity index (χ1n) is 9.29. The second kappa shape index (κ2) is 7.27. The van der Waals surface area contributed by atoms with E-state index in [0.717, 1.165) is 32.4 Å². The molecule has 2 unspecified atom stereocenters. The van der Waals surface area contributed by atoms with Crippen LogP contribution in [-0.2, 0) is 9.53 Å².